The SMILES string of the molecule is COc1ccccc1/C=C/C=N\NC(=O)c1cccc(O)c1. The zero-order valence-electron chi connectivity index (χ0n) is 12.1. The fraction of sp³-hybridized carbons (Fsp3) is 0.0588. The maximum absolute atomic E-state index is 11.8. The Morgan fingerprint density at radius 1 is 1.23 bits per heavy atom. The fourth-order valence-electron chi connectivity index (χ4n) is 1.80. The summed E-state index contributed by atoms with van der Waals surface area (Å²) in [6, 6.07) is 13.6. The van der Waals surface area contributed by atoms with Crippen LogP contribution in [0.25, 0.3) is 6.08 Å². The Morgan fingerprint density at radius 3 is 2.82 bits per heavy atom. The molecule has 0 aliphatic rings. The lowest BCUT2D eigenvalue weighted by molar-refractivity contribution is 0.0954. The number of hydrogen-bond acceptors (Lipinski definition) is 4. The van der Waals surface area contributed by atoms with E-state index in [1.54, 1.807) is 25.3 Å². The Labute approximate surface area is 128 Å². The summed E-state index contributed by atoms with van der Waals surface area (Å²) in [5.41, 5.74) is 3.63. The number of phenolic OH excluding ortho intramolecular Hbond substituents is 1. The van der Waals surface area contributed by atoms with Crippen LogP contribution in [0.5, 0.6) is 11.5 Å². The summed E-state index contributed by atoms with van der Waals surface area (Å²) in [5, 5.41) is 13.1. The predicted octanol–water partition coefficient (Wildman–Crippen LogP) is 2.83. The number of benzene rings is 2. The first-order valence-electron chi connectivity index (χ1n) is 6.63. The highest BCUT2D eigenvalue weighted by molar-refractivity contribution is 5.95. The van der Waals surface area contributed by atoms with E-state index < -0.39 is 5.91 Å². The first kappa shape index (κ1) is 15.3. The van der Waals surface area contributed by atoms with Gasteiger partial charge in [-0.05, 0) is 36.4 Å². The first-order valence-corrected chi connectivity index (χ1v) is 6.63. The van der Waals surface area contributed by atoms with Crippen molar-refractivity contribution in [2.45, 2.75) is 0 Å². The van der Waals surface area contributed by atoms with E-state index in [0.29, 0.717) is 5.56 Å². The molecular formula is C17H16N2O3. The van der Waals surface area contributed by atoms with Crippen LogP contribution in [0.15, 0.2) is 59.7 Å². The van der Waals surface area contributed by atoms with E-state index in [0.717, 1.165) is 11.3 Å². The Bertz CT molecular complexity index is 709. The molecule has 0 aliphatic heterocycles. The molecular weight excluding hydrogens is 280 g/mol. The number of methoxy groups -OCH3 is 1. The monoisotopic (exact) mass is 296 g/mol. The molecule has 22 heavy (non-hydrogen) atoms. The Morgan fingerprint density at radius 2 is 2.05 bits per heavy atom. The van der Waals surface area contributed by atoms with Crippen molar-refractivity contribution >= 4 is 18.2 Å². The summed E-state index contributed by atoms with van der Waals surface area (Å²) in [6.07, 6.45) is 4.98. The van der Waals surface area contributed by atoms with Gasteiger partial charge in [0.25, 0.3) is 5.91 Å². The summed E-state index contributed by atoms with van der Waals surface area (Å²) in [5.74, 6) is 0.404. The highest BCUT2D eigenvalue weighted by Gasteiger charge is 2.03. The first-order chi connectivity index (χ1) is 10.7. The van der Waals surface area contributed by atoms with Gasteiger partial charge in [-0.2, -0.15) is 5.10 Å². The van der Waals surface area contributed by atoms with E-state index >= 15 is 0 Å². The molecule has 0 bridgehead atoms. The van der Waals surface area contributed by atoms with E-state index in [4.69, 9.17) is 4.74 Å². The maximum atomic E-state index is 11.8. The van der Waals surface area contributed by atoms with Crippen molar-refractivity contribution in [1.82, 2.24) is 5.43 Å². The normalized spacial score (nSPS) is 11.0. The van der Waals surface area contributed by atoms with Gasteiger partial charge in [-0.25, -0.2) is 5.43 Å². The molecule has 0 aliphatic carbocycles. The lowest BCUT2D eigenvalue weighted by atomic mass is 10.2. The number of carbonyl (C=O) groups is 1. The molecule has 0 fully saturated rings. The van der Waals surface area contributed by atoms with E-state index in [1.165, 1.54) is 18.3 Å². The largest absolute Gasteiger partial charge is 0.508 e. The third-order valence-electron chi connectivity index (χ3n) is 2.85. The van der Waals surface area contributed by atoms with Crippen LogP contribution in [0, 0.1) is 0 Å². The van der Waals surface area contributed by atoms with Crippen molar-refractivity contribution in [2.75, 3.05) is 7.11 Å². The number of rotatable bonds is 5. The Hall–Kier alpha value is -3.08. The molecule has 112 valence electrons. The lowest BCUT2D eigenvalue weighted by Gasteiger charge is -2.02. The number of allylic oxidation sites excluding steroid dienone is 1. The number of carbonyl (C=O) groups excluding carboxylic acids is 1. The standard InChI is InChI=1S/C17H16N2O3/c1-22-16-10-3-2-6-13(16)8-5-11-18-19-17(21)14-7-4-9-15(20)12-14/h2-12,20H,1H3,(H,19,21)/b8-5+,18-11-. The second kappa shape index (κ2) is 7.64. The molecule has 5 heteroatoms. The van der Waals surface area contributed by atoms with Crippen LogP contribution >= 0.6 is 0 Å². The molecule has 0 saturated heterocycles. The molecule has 0 radical (unpaired) electrons. The molecule has 0 atom stereocenters. The van der Waals surface area contributed by atoms with Crippen molar-refractivity contribution in [3.63, 3.8) is 0 Å². The summed E-state index contributed by atoms with van der Waals surface area (Å²) in [7, 11) is 1.61. The average Bonchev–Trinajstić information content (AvgIpc) is 2.54. The van der Waals surface area contributed by atoms with Crippen LogP contribution in [0.3, 0.4) is 0 Å². The van der Waals surface area contributed by atoms with Crippen LogP contribution < -0.4 is 10.2 Å². The third-order valence-corrected chi connectivity index (χ3v) is 2.85. The zero-order chi connectivity index (χ0) is 15.8. The molecule has 0 saturated carbocycles. The fourth-order valence-corrected chi connectivity index (χ4v) is 1.80. The lowest BCUT2D eigenvalue weighted by Crippen LogP contribution is -2.17. The number of ether oxygens (including phenoxy) is 1. The van der Waals surface area contributed by atoms with Gasteiger partial charge in [-0.1, -0.05) is 24.3 Å². The molecule has 2 aromatic rings. The van der Waals surface area contributed by atoms with Gasteiger partial charge in [0.2, 0.25) is 0 Å². The minimum Gasteiger partial charge on any atom is -0.508 e. The van der Waals surface area contributed by atoms with Gasteiger partial charge in [0.05, 0.1) is 7.11 Å². The van der Waals surface area contributed by atoms with Gasteiger partial charge in [0, 0.05) is 17.3 Å². The van der Waals surface area contributed by atoms with Crippen molar-refractivity contribution < 1.29 is 14.6 Å². The van der Waals surface area contributed by atoms with Gasteiger partial charge >= 0.3 is 0 Å². The van der Waals surface area contributed by atoms with Gasteiger partial charge in [-0.15, -0.1) is 0 Å². The summed E-state index contributed by atoms with van der Waals surface area (Å²) >= 11 is 0. The number of hydrogen-bond donors (Lipinski definition) is 2. The van der Waals surface area contributed by atoms with Crippen molar-refractivity contribution in [3.8, 4) is 11.5 Å². The Kier molecular flexibility index (Phi) is 5.31. The molecule has 0 heterocycles. The highest BCUT2D eigenvalue weighted by atomic mass is 16.5. The minimum absolute atomic E-state index is 0.0349. The molecule has 0 unspecified atom stereocenters. The third kappa shape index (κ3) is 4.21. The number of phenols is 1. The van der Waals surface area contributed by atoms with E-state index in [9.17, 15) is 9.90 Å². The van der Waals surface area contributed by atoms with E-state index in [-0.39, 0.29) is 5.75 Å². The summed E-state index contributed by atoms with van der Waals surface area (Å²) in [4.78, 5) is 11.8. The molecule has 2 rings (SSSR count). The zero-order valence-corrected chi connectivity index (χ0v) is 12.1. The number of nitrogens with zero attached hydrogens (tertiary/aromatic N) is 1. The highest BCUT2D eigenvalue weighted by Crippen LogP contribution is 2.18. The van der Waals surface area contributed by atoms with Crippen LogP contribution in [0.2, 0.25) is 0 Å². The van der Waals surface area contributed by atoms with Crippen LogP contribution in [0.4, 0.5) is 0 Å². The van der Waals surface area contributed by atoms with E-state index in [1.807, 2.05) is 30.3 Å². The van der Waals surface area contributed by atoms with Crippen LogP contribution in [-0.4, -0.2) is 24.3 Å². The number of nitrogens with one attached hydrogen (secondary N) is 1. The number of hydrazone groups is 1. The Balaban J connectivity index is 1.93. The smallest absolute Gasteiger partial charge is 0.271 e. The minimum atomic E-state index is -0.391. The van der Waals surface area contributed by atoms with Crippen molar-refractivity contribution in [3.05, 3.63) is 65.7 Å². The van der Waals surface area contributed by atoms with Crippen molar-refractivity contribution in [2.24, 2.45) is 5.10 Å². The number of aromatic hydroxyl groups is 1. The predicted molar refractivity (Wildman–Crippen MR) is 86.1 cm³/mol. The second-order valence-electron chi connectivity index (χ2n) is 4.37. The molecule has 2 N–H and O–H groups in total. The van der Waals surface area contributed by atoms with Crippen LogP contribution in [-0.2, 0) is 0 Å². The molecule has 0 spiro atoms. The molecule has 1 amide bonds. The van der Waals surface area contributed by atoms with Gasteiger partial charge in [-0.3, -0.25) is 4.79 Å². The molecule has 5 nitrogen and oxygen atoms in total. The van der Waals surface area contributed by atoms with Crippen molar-refractivity contribution in [1.29, 1.82) is 0 Å². The second-order valence-corrected chi connectivity index (χ2v) is 4.37. The van der Waals surface area contributed by atoms with Gasteiger partial charge in [0.1, 0.15) is 11.5 Å². The quantitative estimate of drug-likeness (QED) is 0.658. The maximum Gasteiger partial charge on any atom is 0.271 e. The number of para-hydroxylation sites is 1. The molecule has 2 aromatic carbocycles. The summed E-state index contributed by atoms with van der Waals surface area (Å²) < 4.78 is 5.22. The average molecular weight is 296 g/mol. The van der Waals surface area contributed by atoms with Gasteiger partial charge < -0.3 is 9.84 Å². The number of amides is 1. The van der Waals surface area contributed by atoms with E-state index in [2.05, 4.69) is 10.5 Å². The molecule has 0 aromatic heterocycles. The summed E-state index contributed by atoms with van der Waals surface area (Å²) in [6.45, 7) is 0. The topological polar surface area (TPSA) is 70.9 Å². The van der Waals surface area contributed by atoms with Crippen LogP contribution in [0.1, 0.15) is 15.9 Å². The van der Waals surface area contributed by atoms with Gasteiger partial charge in [0.15, 0.2) is 0 Å².